The number of anilines is 4. The third-order valence-corrected chi connectivity index (χ3v) is 6.79. The molecule has 1 amide bonds. The minimum absolute atomic E-state index is 0.0808. The second-order valence-electron chi connectivity index (χ2n) is 9.28. The number of benzene rings is 2. The third kappa shape index (κ3) is 7.31. The number of carbonyl (C=O) groups is 1. The molecule has 10 heteroatoms. The highest BCUT2D eigenvalue weighted by Crippen LogP contribution is 2.29. The number of ether oxygens (including phenoxy) is 1. The van der Waals surface area contributed by atoms with Crippen molar-refractivity contribution in [3.63, 3.8) is 0 Å². The van der Waals surface area contributed by atoms with Crippen LogP contribution in [0.25, 0.3) is 0 Å². The molecule has 6 aliphatic heterocycles. The van der Waals surface area contributed by atoms with Crippen molar-refractivity contribution in [2.24, 2.45) is 0 Å². The lowest BCUT2D eigenvalue weighted by Gasteiger charge is -2.34. The van der Waals surface area contributed by atoms with Crippen LogP contribution in [-0.4, -0.2) is 71.6 Å². The van der Waals surface area contributed by atoms with E-state index in [-0.39, 0.29) is 5.91 Å². The third-order valence-electron chi connectivity index (χ3n) is 6.50. The Morgan fingerprint density at radius 3 is 2.49 bits per heavy atom. The van der Waals surface area contributed by atoms with Crippen LogP contribution in [0.2, 0.25) is 5.02 Å². The zero-order valence-electron chi connectivity index (χ0n) is 20.8. The van der Waals surface area contributed by atoms with E-state index in [4.69, 9.17) is 16.3 Å². The van der Waals surface area contributed by atoms with Crippen LogP contribution in [0.3, 0.4) is 0 Å². The van der Waals surface area contributed by atoms with Crippen molar-refractivity contribution in [1.29, 1.82) is 0 Å². The van der Waals surface area contributed by atoms with Crippen molar-refractivity contribution in [1.82, 2.24) is 25.1 Å². The number of hydrogen-bond donors (Lipinski definition) is 3. The Hall–Kier alpha value is -3.40. The minimum Gasteiger partial charge on any atom is -0.492 e. The van der Waals surface area contributed by atoms with Crippen molar-refractivity contribution in [3.05, 3.63) is 65.3 Å². The van der Waals surface area contributed by atoms with Crippen LogP contribution in [0.4, 0.5) is 23.1 Å². The van der Waals surface area contributed by atoms with Crippen LogP contribution in [0.15, 0.2) is 54.7 Å². The van der Waals surface area contributed by atoms with Gasteiger partial charge in [0, 0.05) is 69.8 Å². The van der Waals surface area contributed by atoms with Gasteiger partial charge < -0.3 is 25.6 Å². The van der Waals surface area contributed by atoms with Gasteiger partial charge in [0.2, 0.25) is 11.9 Å². The molecule has 0 unspecified atom stereocenters. The summed E-state index contributed by atoms with van der Waals surface area (Å²) in [6.45, 7) is 6.69. The Balaban J connectivity index is 1.29. The first-order valence-electron chi connectivity index (χ1n) is 12.7. The fourth-order valence-corrected chi connectivity index (χ4v) is 4.65. The van der Waals surface area contributed by atoms with Gasteiger partial charge in [-0.2, -0.15) is 4.98 Å². The molecule has 0 aliphatic carbocycles. The maximum Gasteiger partial charge on any atom is 0.229 e. The first-order chi connectivity index (χ1) is 18.1. The molecule has 1 saturated heterocycles. The number of halogens is 1. The molecule has 37 heavy (non-hydrogen) atoms. The number of aromatic nitrogens is 2. The second-order valence-corrected chi connectivity index (χ2v) is 9.68. The maximum atomic E-state index is 12.3. The van der Waals surface area contributed by atoms with Gasteiger partial charge >= 0.3 is 0 Å². The van der Waals surface area contributed by atoms with Crippen molar-refractivity contribution in [3.8, 4) is 5.75 Å². The first-order valence-corrected chi connectivity index (χ1v) is 13.1. The van der Waals surface area contributed by atoms with E-state index in [9.17, 15) is 4.79 Å². The molecule has 0 radical (unpaired) electrons. The quantitative estimate of drug-likeness (QED) is 0.408. The topological polar surface area (TPSA) is 94.7 Å². The lowest BCUT2D eigenvalue weighted by atomic mass is 10.1. The maximum absolute atomic E-state index is 12.3. The highest BCUT2D eigenvalue weighted by molar-refractivity contribution is 6.32. The highest BCUT2D eigenvalue weighted by Gasteiger charge is 2.17. The van der Waals surface area contributed by atoms with Gasteiger partial charge in [-0.25, -0.2) is 4.98 Å². The Morgan fingerprint density at radius 1 is 0.892 bits per heavy atom. The molecule has 0 saturated carbocycles. The van der Waals surface area contributed by atoms with Gasteiger partial charge in [-0.3, -0.25) is 9.69 Å². The molecule has 3 aromatic rings. The van der Waals surface area contributed by atoms with Gasteiger partial charge in [0.25, 0.3) is 0 Å². The Morgan fingerprint density at radius 2 is 1.68 bits per heavy atom. The van der Waals surface area contributed by atoms with E-state index in [0.29, 0.717) is 48.5 Å². The Kier molecular flexibility index (Phi) is 8.35. The number of rotatable bonds is 0. The lowest BCUT2D eigenvalue weighted by Crippen LogP contribution is -2.46. The molecule has 3 N–H and O–H groups in total. The molecule has 0 atom stereocenters. The summed E-state index contributed by atoms with van der Waals surface area (Å²) in [5.74, 6) is 1.83. The monoisotopic (exact) mass is 521 g/mol. The molecule has 1 aromatic heterocycles. The van der Waals surface area contributed by atoms with Crippen LogP contribution in [-0.2, 0) is 11.3 Å². The van der Waals surface area contributed by atoms with E-state index >= 15 is 0 Å². The molecule has 8 bridgehead atoms. The minimum atomic E-state index is 0.0808. The van der Waals surface area contributed by atoms with E-state index in [1.807, 2.05) is 18.2 Å². The SMILES string of the molecule is O=C1CCN2CCN(CC2)Cc2ccc(cc2)Nc2ccnc(n2)Nc2ccc(c(Cl)c2)OCCCN1. The smallest absolute Gasteiger partial charge is 0.229 e. The molecule has 9 nitrogen and oxygen atoms in total. The summed E-state index contributed by atoms with van der Waals surface area (Å²) < 4.78 is 5.81. The zero-order valence-corrected chi connectivity index (χ0v) is 21.5. The number of piperazine rings is 1. The summed E-state index contributed by atoms with van der Waals surface area (Å²) in [6, 6.07) is 15.7. The number of nitrogens with zero attached hydrogens (tertiary/aromatic N) is 4. The molecule has 7 heterocycles. The molecule has 6 aliphatic rings. The number of hydrogen-bond acceptors (Lipinski definition) is 8. The largest absolute Gasteiger partial charge is 0.492 e. The first kappa shape index (κ1) is 25.3. The van der Waals surface area contributed by atoms with Crippen molar-refractivity contribution >= 4 is 40.6 Å². The summed E-state index contributed by atoms with van der Waals surface area (Å²) in [7, 11) is 0. The summed E-state index contributed by atoms with van der Waals surface area (Å²) in [6.07, 6.45) is 2.93. The number of nitrogens with one attached hydrogen (secondary N) is 3. The van der Waals surface area contributed by atoms with E-state index in [0.717, 1.165) is 50.6 Å². The summed E-state index contributed by atoms with van der Waals surface area (Å²) in [5, 5.41) is 10.0. The number of amides is 1. The molecule has 2 aromatic carbocycles. The van der Waals surface area contributed by atoms with Crippen LogP contribution < -0.4 is 20.7 Å². The van der Waals surface area contributed by atoms with Crippen LogP contribution in [0.1, 0.15) is 18.4 Å². The normalized spacial score (nSPS) is 20.9. The van der Waals surface area contributed by atoms with E-state index in [1.165, 1.54) is 5.56 Å². The van der Waals surface area contributed by atoms with Crippen molar-refractivity contribution < 1.29 is 9.53 Å². The van der Waals surface area contributed by atoms with Crippen LogP contribution >= 0.6 is 11.6 Å². The lowest BCUT2D eigenvalue weighted by molar-refractivity contribution is -0.121. The van der Waals surface area contributed by atoms with Gasteiger partial charge in [0.1, 0.15) is 11.6 Å². The van der Waals surface area contributed by atoms with Crippen molar-refractivity contribution in [2.45, 2.75) is 19.4 Å². The molecule has 9 rings (SSSR count). The van der Waals surface area contributed by atoms with Crippen LogP contribution in [0.5, 0.6) is 5.75 Å². The molecule has 194 valence electrons. The van der Waals surface area contributed by atoms with E-state index < -0.39 is 0 Å². The van der Waals surface area contributed by atoms with Gasteiger partial charge in [0.15, 0.2) is 0 Å². The summed E-state index contributed by atoms with van der Waals surface area (Å²) >= 11 is 6.43. The standard InChI is InChI=1S/C27H32ClN7O2/c28-23-18-22-6-7-24(23)37-17-1-10-29-26(36)9-12-34-13-15-35(16-14-34)19-20-2-4-21(5-3-20)31-25-8-11-30-27(32-22)33-25/h2-8,11,18H,1,9-10,12-17,19H2,(H,29,36)(H2,30,31,32,33). The van der Waals surface area contributed by atoms with Gasteiger partial charge in [-0.1, -0.05) is 23.7 Å². The van der Waals surface area contributed by atoms with Crippen LogP contribution in [0, 0.1) is 0 Å². The fraction of sp³-hybridized carbons (Fsp3) is 0.370. The summed E-state index contributed by atoms with van der Waals surface area (Å²) in [4.78, 5) is 26.0. The fourth-order valence-electron chi connectivity index (χ4n) is 4.41. The van der Waals surface area contributed by atoms with Gasteiger partial charge in [-0.15, -0.1) is 0 Å². The average Bonchev–Trinajstić information content (AvgIpc) is 2.90. The van der Waals surface area contributed by atoms with Gasteiger partial charge in [0.05, 0.1) is 11.6 Å². The Labute approximate surface area is 222 Å². The van der Waals surface area contributed by atoms with E-state index in [1.54, 1.807) is 12.3 Å². The molecular weight excluding hydrogens is 490 g/mol. The molecular formula is C27H32ClN7O2. The predicted molar refractivity (Wildman–Crippen MR) is 146 cm³/mol. The molecule has 0 spiro atoms. The predicted octanol–water partition coefficient (Wildman–Crippen LogP) is 4.02. The zero-order chi connectivity index (χ0) is 25.5. The number of carbonyl (C=O) groups excluding carboxylic acids is 1. The highest BCUT2D eigenvalue weighted by atomic mass is 35.5. The Bertz CT molecular complexity index is 1200. The average molecular weight is 522 g/mol. The van der Waals surface area contributed by atoms with Gasteiger partial charge in [-0.05, 0) is 48.4 Å². The summed E-state index contributed by atoms with van der Waals surface area (Å²) in [5.41, 5.74) is 2.99. The van der Waals surface area contributed by atoms with Crippen molar-refractivity contribution in [2.75, 3.05) is 56.5 Å². The molecule has 1 fully saturated rings. The van der Waals surface area contributed by atoms with E-state index in [2.05, 4.69) is 60.0 Å². The second kappa shape index (κ2) is 12.2. The number of fused-ring (bicyclic) bond motifs is 1.